The molecule has 2 N–H and O–H groups in total. The third-order valence-electron chi connectivity index (χ3n) is 2.92. The van der Waals surface area contributed by atoms with Gasteiger partial charge >= 0.3 is 0 Å². The van der Waals surface area contributed by atoms with Crippen molar-refractivity contribution in [1.82, 2.24) is 0 Å². The molecule has 3 nitrogen and oxygen atoms in total. The van der Waals surface area contributed by atoms with Gasteiger partial charge in [-0.3, -0.25) is 4.79 Å². The maximum atomic E-state index is 12.6. The summed E-state index contributed by atoms with van der Waals surface area (Å²) in [4.78, 5) is 12.6. The van der Waals surface area contributed by atoms with Crippen molar-refractivity contribution in [2.75, 3.05) is 12.8 Å². The number of nitrogen functional groups attached to an aromatic ring is 1. The fraction of sp³-hybridized carbons (Fsp3) is 0.133. The van der Waals surface area contributed by atoms with E-state index in [2.05, 4.69) is 0 Å². The van der Waals surface area contributed by atoms with Gasteiger partial charge in [0.05, 0.1) is 28.4 Å². The highest BCUT2D eigenvalue weighted by Gasteiger charge is 2.17. The lowest BCUT2D eigenvalue weighted by Crippen LogP contribution is -2.05. The van der Waals surface area contributed by atoms with E-state index in [9.17, 15) is 4.79 Å². The van der Waals surface area contributed by atoms with Gasteiger partial charge in [0.15, 0.2) is 5.78 Å². The Kier molecular flexibility index (Phi) is 4.21. The number of rotatable bonds is 3. The van der Waals surface area contributed by atoms with Crippen LogP contribution in [0.25, 0.3) is 0 Å². The monoisotopic (exact) mass is 309 g/mol. The first kappa shape index (κ1) is 14.7. The predicted octanol–water partition coefficient (Wildman–Crippen LogP) is 4.12. The van der Waals surface area contributed by atoms with E-state index in [1.54, 1.807) is 12.1 Å². The molecular formula is C15H13Cl2NO2. The fourth-order valence-electron chi connectivity index (χ4n) is 1.90. The smallest absolute Gasteiger partial charge is 0.196 e. The third-order valence-corrected chi connectivity index (χ3v) is 3.73. The zero-order chi connectivity index (χ0) is 14.9. The minimum atomic E-state index is -0.212. The van der Waals surface area contributed by atoms with Crippen molar-refractivity contribution in [1.29, 1.82) is 0 Å². The molecule has 0 unspecified atom stereocenters. The van der Waals surface area contributed by atoms with Gasteiger partial charge in [0.2, 0.25) is 0 Å². The number of halogens is 2. The lowest BCUT2D eigenvalue weighted by atomic mass is 10.00. The Morgan fingerprint density at radius 3 is 2.50 bits per heavy atom. The molecule has 2 aromatic carbocycles. The number of hydrogen-bond acceptors (Lipinski definition) is 3. The first-order chi connectivity index (χ1) is 9.43. The molecule has 0 aromatic heterocycles. The summed E-state index contributed by atoms with van der Waals surface area (Å²) in [6.07, 6.45) is 0. The minimum absolute atomic E-state index is 0.212. The Labute approximate surface area is 127 Å². The molecule has 0 bridgehead atoms. The number of methoxy groups -OCH3 is 1. The van der Waals surface area contributed by atoms with Crippen molar-refractivity contribution in [3.05, 3.63) is 57.1 Å². The standard InChI is InChI=1S/C15H13Cl2NO2/c1-8-3-4-13(20-2)10(5-8)15(19)9-6-11(16)14(17)12(18)7-9/h3-7H,18H2,1-2H3. The first-order valence-corrected chi connectivity index (χ1v) is 6.63. The number of aryl methyl sites for hydroxylation is 1. The molecule has 0 heterocycles. The predicted molar refractivity (Wildman–Crippen MR) is 82.0 cm³/mol. The summed E-state index contributed by atoms with van der Waals surface area (Å²) in [5.74, 6) is 0.293. The molecule has 2 aromatic rings. The zero-order valence-electron chi connectivity index (χ0n) is 11.0. The average molecular weight is 310 g/mol. The molecule has 0 radical (unpaired) electrons. The van der Waals surface area contributed by atoms with E-state index in [1.807, 2.05) is 13.0 Å². The number of nitrogens with two attached hydrogens (primary N) is 1. The van der Waals surface area contributed by atoms with E-state index >= 15 is 0 Å². The molecule has 2 rings (SSSR count). The molecule has 0 saturated heterocycles. The molecule has 0 amide bonds. The number of benzene rings is 2. The Hall–Kier alpha value is -1.71. The maximum absolute atomic E-state index is 12.6. The topological polar surface area (TPSA) is 52.3 Å². The van der Waals surface area contributed by atoms with Crippen LogP contribution < -0.4 is 10.5 Å². The summed E-state index contributed by atoms with van der Waals surface area (Å²) in [5, 5.41) is 0.501. The Morgan fingerprint density at radius 2 is 1.90 bits per heavy atom. The van der Waals surface area contributed by atoms with Gasteiger partial charge < -0.3 is 10.5 Å². The van der Waals surface area contributed by atoms with Crippen LogP contribution in [0.15, 0.2) is 30.3 Å². The summed E-state index contributed by atoms with van der Waals surface area (Å²) >= 11 is 11.9. The van der Waals surface area contributed by atoms with Gasteiger partial charge in [-0.25, -0.2) is 0 Å². The molecule has 0 aliphatic heterocycles. The summed E-state index contributed by atoms with van der Waals surface area (Å²) in [5.41, 5.74) is 7.81. The van der Waals surface area contributed by atoms with Gasteiger partial charge in [-0.2, -0.15) is 0 Å². The second-order valence-corrected chi connectivity index (χ2v) is 5.18. The first-order valence-electron chi connectivity index (χ1n) is 5.88. The van der Waals surface area contributed by atoms with Crippen LogP contribution in [0.4, 0.5) is 5.69 Å². The zero-order valence-corrected chi connectivity index (χ0v) is 12.5. The van der Waals surface area contributed by atoms with E-state index in [0.717, 1.165) is 5.56 Å². The van der Waals surface area contributed by atoms with Gasteiger partial charge in [0.25, 0.3) is 0 Å². The minimum Gasteiger partial charge on any atom is -0.496 e. The molecule has 0 fully saturated rings. The van der Waals surface area contributed by atoms with Crippen molar-refractivity contribution in [2.45, 2.75) is 6.92 Å². The molecule has 0 aliphatic rings. The summed E-state index contributed by atoms with van der Waals surface area (Å²) in [7, 11) is 1.52. The second-order valence-electron chi connectivity index (χ2n) is 4.39. The third kappa shape index (κ3) is 2.74. The number of hydrogen-bond donors (Lipinski definition) is 1. The lowest BCUT2D eigenvalue weighted by Gasteiger charge is -2.10. The van der Waals surface area contributed by atoms with Crippen LogP contribution in [0.5, 0.6) is 5.75 Å². The molecule has 20 heavy (non-hydrogen) atoms. The van der Waals surface area contributed by atoms with Gasteiger partial charge in [0, 0.05) is 5.56 Å². The maximum Gasteiger partial charge on any atom is 0.196 e. The van der Waals surface area contributed by atoms with Crippen molar-refractivity contribution < 1.29 is 9.53 Å². The summed E-state index contributed by atoms with van der Waals surface area (Å²) < 4.78 is 5.22. The normalized spacial score (nSPS) is 10.4. The molecule has 0 spiro atoms. The highest BCUT2D eigenvalue weighted by atomic mass is 35.5. The van der Waals surface area contributed by atoms with Crippen LogP contribution in [0.3, 0.4) is 0 Å². The van der Waals surface area contributed by atoms with E-state index < -0.39 is 0 Å². The number of ketones is 1. The van der Waals surface area contributed by atoms with Crippen molar-refractivity contribution >= 4 is 34.7 Å². The van der Waals surface area contributed by atoms with Gasteiger partial charge in [0.1, 0.15) is 5.75 Å². The summed E-state index contributed by atoms with van der Waals surface area (Å²) in [6, 6.07) is 8.41. The number of carbonyl (C=O) groups excluding carboxylic acids is 1. The highest BCUT2D eigenvalue weighted by molar-refractivity contribution is 6.44. The Balaban J connectivity index is 2.54. The van der Waals surface area contributed by atoms with Crippen LogP contribution >= 0.6 is 23.2 Å². The second kappa shape index (κ2) is 5.73. The van der Waals surface area contributed by atoms with Gasteiger partial charge in [-0.15, -0.1) is 0 Å². The lowest BCUT2D eigenvalue weighted by molar-refractivity contribution is 0.103. The van der Waals surface area contributed by atoms with E-state index in [4.69, 9.17) is 33.7 Å². The van der Waals surface area contributed by atoms with Crippen LogP contribution in [0.1, 0.15) is 21.5 Å². The molecular weight excluding hydrogens is 297 g/mol. The molecule has 5 heteroatoms. The Morgan fingerprint density at radius 1 is 1.20 bits per heavy atom. The highest BCUT2D eigenvalue weighted by Crippen LogP contribution is 2.31. The van der Waals surface area contributed by atoms with Gasteiger partial charge in [-0.1, -0.05) is 34.8 Å². The fourth-order valence-corrected chi connectivity index (χ4v) is 2.23. The number of anilines is 1. The SMILES string of the molecule is COc1ccc(C)cc1C(=O)c1cc(N)c(Cl)c(Cl)c1. The van der Waals surface area contributed by atoms with E-state index in [-0.39, 0.29) is 21.5 Å². The Bertz CT molecular complexity index is 661. The van der Waals surface area contributed by atoms with Gasteiger partial charge in [-0.05, 0) is 31.2 Å². The van der Waals surface area contributed by atoms with Crippen molar-refractivity contribution in [3.63, 3.8) is 0 Å². The van der Waals surface area contributed by atoms with Crippen LogP contribution in [-0.2, 0) is 0 Å². The number of ether oxygens (including phenoxy) is 1. The van der Waals surface area contributed by atoms with Crippen molar-refractivity contribution in [3.8, 4) is 5.75 Å². The summed E-state index contributed by atoms with van der Waals surface area (Å²) in [6.45, 7) is 1.90. The van der Waals surface area contributed by atoms with Crippen molar-refractivity contribution in [2.24, 2.45) is 0 Å². The molecule has 104 valence electrons. The largest absolute Gasteiger partial charge is 0.496 e. The average Bonchev–Trinajstić information content (AvgIpc) is 2.43. The van der Waals surface area contributed by atoms with E-state index in [0.29, 0.717) is 16.9 Å². The quantitative estimate of drug-likeness (QED) is 0.685. The number of carbonyl (C=O) groups is 1. The van der Waals surface area contributed by atoms with E-state index in [1.165, 1.54) is 19.2 Å². The van der Waals surface area contributed by atoms with Crippen LogP contribution in [0.2, 0.25) is 10.0 Å². The molecule has 0 saturated carbocycles. The molecule has 0 atom stereocenters. The molecule has 0 aliphatic carbocycles. The van der Waals surface area contributed by atoms with Crippen LogP contribution in [-0.4, -0.2) is 12.9 Å². The van der Waals surface area contributed by atoms with Crippen LogP contribution in [0, 0.1) is 6.92 Å².